The lowest BCUT2D eigenvalue weighted by Gasteiger charge is -2.25. The van der Waals surface area contributed by atoms with Gasteiger partial charge in [-0.05, 0) is 33.2 Å². The molecule has 1 aliphatic rings. The highest BCUT2D eigenvalue weighted by molar-refractivity contribution is 6.02. The van der Waals surface area contributed by atoms with E-state index in [-0.39, 0.29) is 0 Å². The van der Waals surface area contributed by atoms with Crippen LogP contribution in [-0.2, 0) is 6.54 Å². The van der Waals surface area contributed by atoms with Crippen molar-refractivity contribution in [3.05, 3.63) is 60.2 Å². The predicted octanol–water partition coefficient (Wildman–Crippen LogP) is 2.17. The SMILES string of the molecule is c1ccc2c(CN3CCNCCNCCNCCNCC3)c3ccccc3cc2c1. The lowest BCUT2D eigenvalue weighted by Crippen LogP contribution is -2.38. The molecule has 3 aromatic rings. The largest absolute Gasteiger partial charge is 0.314 e. The Balaban J connectivity index is 1.54. The van der Waals surface area contributed by atoms with Gasteiger partial charge in [-0.25, -0.2) is 0 Å². The maximum atomic E-state index is 3.60. The van der Waals surface area contributed by atoms with E-state index in [1.165, 1.54) is 27.1 Å². The molecule has 0 bridgehead atoms. The van der Waals surface area contributed by atoms with E-state index >= 15 is 0 Å². The van der Waals surface area contributed by atoms with Crippen LogP contribution in [0.3, 0.4) is 0 Å². The molecule has 0 radical (unpaired) electrons. The molecule has 5 nitrogen and oxygen atoms in total. The Kier molecular flexibility index (Phi) is 8.06. The first-order chi connectivity index (χ1) is 14.9. The smallest absolute Gasteiger partial charge is 0.0247 e. The Hall–Kier alpha value is -2.02. The molecule has 3 aromatic carbocycles. The quantitative estimate of drug-likeness (QED) is 0.493. The zero-order chi connectivity index (χ0) is 20.4. The van der Waals surface area contributed by atoms with Crippen LogP contribution < -0.4 is 21.3 Å². The molecule has 1 fully saturated rings. The van der Waals surface area contributed by atoms with Gasteiger partial charge in [-0.15, -0.1) is 0 Å². The van der Waals surface area contributed by atoms with E-state index < -0.39 is 0 Å². The highest BCUT2D eigenvalue weighted by Crippen LogP contribution is 2.29. The molecule has 0 aliphatic carbocycles. The maximum absolute atomic E-state index is 3.60. The highest BCUT2D eigenvalue weighted by Gasteiger charge is 2.12. The Bertz CT molecular complexity index is 856. The molecular formula is C25H35N5. The number of fused-ring (bicyclic) bond motifs is 2. The fourth-order valence-electron chi connectivity index (χ4n) is 4.28. The molecule has 1 heterocycles. The number of rotatable bonds is 2. The van der Waals surface area contributed by atoms with Crippen LogP contribution in [0.25, 0.3) is 21.5 Å². The molecule has 1 saturated heterocycles. The van der Waals surface area contributed by atoms with Gasteiger partial charge >= 0.3 is 0 Å². The Morgan fingerprint density at radius 3 is 1.50 bits per heavy atom. The van der Waals surface area contributed by atoms with Gasteiger partial charge in [0, 0.05) is 72.0 Å². The van der Waals surface area contributed by atoms with Gasteiger partial charge < -0.3 is 21.3 Å². The zero-order valence-corrected chi connectivity index (χ0v) is 17.9. The third-order valence-electron chi connectivity index (χ3n) is 5.91. The van der Waals surface area contributed by atoms with Crippen LogP contribution in [0.15, 0.2) is 54.6 Å². The summed E-state index contributed by atoms with van der Waals surface area (Å²) in [7, 11) is 0. The minimum Gasteiger partial charge on any atom is -0.314 e. The number of hydrogen-bond donors (Lipinski definition) is 4. The van der Waals surface area contributed by atoms with Crippen molar-refractivity contribution in [3.8, 4) is 0 Å². The maximum Gasteiger partial charge on any atom is 0.0247 e. The van der Waals surface area contributed by atoms with Crippen LogP contribution in [0, 0.1) is 0 Å². The van der Waals surface area contributed by atoms with Crippen LogP contribution in [-0.4, -0.2) is 70.3 Å². The van der Waals surface area contributed by atoms with Gasteiger partial charge in [-0.2, -0.15) is 0 Å². The summed E-state index contributed by atoms with van der Waals surface area (Å²) in [6.45, 7) is 11.3. The summed E-state index contributed by atoms with van der Waals surface area (Å²) in [5, 5.41) is 19.6. The first kappa shape index (κ1) is 21.2. The number of benzene rings is 3. The molecule has 0 aromatic heterocycles. The number of hydrogen-bond acceptors (Lipinski definition) is 5. The van der Waals surface area contributed by atoms with Crippen molar-refractivity contribution in [1.29, 1.82) is 0 Å². The van der Waals surface area contributed by atoms with Gasteiger partial charge in [0.2, 0.25) is 0 Å². The molecule has 1 aliphatic heterocycles. The van der Waals surface area contributed by atoms with Crippen molar-refractivity contribution in [2.75, 3.05) is 65.4 Å². The number of nitrogens with zero attached hydrogens (tertiary/aromatic N) is 1. The van der Waals surface area contributed by atoms with Crippen LogP contribution >= 0.6 is 0 Å². The molecule has 4 rings (SSSR count). The van der Waals surface area contributed by atoms with Crippen LogP contribution in [0.4, 0.5) is 0 Å². The average Bonchev–Trinajstić information content (AvgIpc) is 2.79. The third kappa shape index (κ3) is 5.78. The van der Waals surface area contributed by atoms with Crippen molar-refractivity contribution in [2.45, 2.75) is 6.54 Å². The summed E-state index contributed by atoms with van der Waals surface area (Å²) in [5.41, 5.74) is 1.45. The second-order valence-electron chi connectivity index (χ2n) is 8.07. The average molecular weight is 406 g/mol. The van der Waals surface area contributed by atoms with E-state index in [0.29, 0.717) is 0 Å². The normalized spacial score (nSPS) is 18.8. The van der Waals surface area contributed by atoms with E-state index in [1.54, 1.807) is 0 Å². The van der Waals surface area contributed by atoms with Crippen molar-refractivity contribution in [1.82, 2.24) is 26.2 Å². The summed E-state index contributed by atoms with van der Waals surface area (Å²) in [6.07, 6.45) is 0. The monoisotopic (exact) mass is 405 g/mol. The van der Waals surface area contributed by atoms with Crippen molar-refractivity contribution in [2.24, 2.45) is 0 Å². The molecule has 5 heteroatoms. The van der Waals surface area contributed by atoms with Crippen LogP contribution in [0.5, 0.6) is 0 Å². The third-order valence-corrected chi connectivity index (χ3v) is 5.91. The molecule has 30 heavy (non-hydrogen) atoms. The molecule has 0 amide bonds. The fourth-order valence-corrected chi connectivity index (χ4v) is 4.28. The first-order valence-electron chi connectivity index (χ1n) is 11.4. The lowest BCUT2D eigenvalue weighted by molar-refractivity contribution is 0.267. The van der Waals surface area contributed by atoms with Gasteiger partial charge in [0.15, 0.2) is 0 Å². The Morgan fingerprint density at radius 1 is 0.567 bits per heavy atom. The van der Waals surface area contributed by atoms with E-state index in [0.717, 1.165) is 72.0 Å². The summed E-state index contributed by atoms with van der Waals surface area (Å²) in [4.78, 5) is 2.59. The minimum absolute atomic E-state index is 0.974. The molecule has 0 spiro atoms. The Labute approximate surface area is 180 Å². The van der Waals surface area contributed by atoms with E-state index in [2.05, 4.69) is 80.8 Å². The number of nitrogens with one attached hydrogen (secondary N) is 4. The van der Waals surface area contributed by atoms with Crippen molar-refractivity contribution >= 4 is 21.5 Å². The molecule has 0 unspecified atom stereocenters. The topological polar surface area (TPSA) is 51.4 Å². The fraction of sp³-hybridized carbons (Fsp3) is 0.440. The van der Waals surface area contributed by atoms with Gasteiger partial charge in [0.25, 0.3) is 0 Å². The van der Waals surface area contributed by atoms with Crippen LogP contribution in [0.2, 0.25) is 0 Å². The van der Waals surface area contributed by atoms with Crippen LogP contribution in [0.1, 0.15) is 5.56 Å². The summed E-state index contributed by atoms with van der Waals surface area (Å²) < 4.78 is 0. The predicted molar refractivity (Wildman–Crippen MR) is 128 cm³/mol. The summed E-state index contributed by atoms with van der Waals surface area (Å²) in [5.74, 6) is 0. The van der Waals surface area contributed by atoms with E-state index in [1.807, 2.05) is 0 Å². The molecule has 0 atom stereocenters. The second kappa shape index (κ2) is 11.4. The van der Waals surface area contributed by atoms with E-state index in [9.17, 15) is 0 Å². The molecule has 160 valence electrons. The summed E-state index contributed by atoms with van der Waals surface area (Å²) in [6, 6.07) is 20.0. The Morgan fingerprint density at radius 2 is 1.00 bits per heavy atom. The minimum atomic E-state index is 0.974. The van der Waals surface area contributed by atoms with E-state index in [4.69, 9.17) is 0 Å². The standard InChI is InChI=1S/C25H35N5/c1-3-7-23-21(5-1)19-22-6-2-4-8-24(22)25(23)20-30-17-15-28-13-11-26-9-10-27-12-14-29-16-18-30/h1-8,19,26-29H,9-18,20H2. The highest BCUT2D eigenvalue weighted by atomic mass is 15.2. The van der Waals surface area contributed by atoms with Crippen molar-refractivity contribution < 1.29 is 0 Å². The van der Waals surface area contributed by atoms with Gasteiger partial charge in [0.05, 0.1) is 0 Å². The lowest BCUT2D eigenvalue weighted by atomic mass is 9.96. The first-order valence-corrected chi connectivity index (χ1v) is 11.4. The molecule has 4 N–H and O–H groups in total. The summed E-state index contributed by atoms with van der Waals surface area (Å²) >= 11 is 0. The van der Waals surface area contributed by atoms with Gasteiger partial charge in [0.1, 0.15) is 0 Å². The molecule has 0 saturated carbocycles. The zero-order valence-electron chi connectivity index (χ0n) is 17.9. The van der Waals surface area contributed by atoms with Crippen molar-refractivity contribution in [3.63, 3.8) is 0 Å². The van der Waals surface area contributed by atoms with Gasteiger partial charge in [-0.1, -0.05) is 48.5 Å². The molecular weight excluding hydrogens is 370 g/mol. The van der Waals surface area contributed by atoms with Gasteiger partial charge in [-0.3, -0.25) is 4.90 Å². The second-order valence-corrected chi connectivity index (χ2v) is 8.07.